The molecule has 1 saturated heterocycles. The van der Waals surface area contributed by atoms with Crippen molar-refractivity contribution in [1.82, 2.24) is 0 Å². The average Bonchev–Trinajstić information content (AvgIpc) is 2.77. The molecule has 0 aliphatic carbocycles. The fourth-order valence-corrected chi connectivity index (χ4v) is 3.85. The van der Waals surface area contributed by atoms with E-state index >= 15 is 0 Å². The van der Waals surface area contributed by atoms with Gasteiger partial charge in [-0.2, -0.15) is 0 Å². The van der Waals surface area contributed by atoms with Crippen LogP contribution in [0.1, 0.15) is 22.0 Å². The van der Waals surface area contributed by atoms with E-state index in [9.17, 15) is 50.8 Å². The number of hydrogen-bond acceptors (Lipinski definition) is 13. The summed E-state index contributed by atoms with van der Waals surface area (Å²) in [5, 5.41) is 89.9. The zero-order chi connectivity index (χ0) is 24.9. The molecule has 34 heavy (non-hydrogen) atoms. The van der Waals surface area contributed by atoms with Gasteiger partial charge in [0.05, 0.1) is 6.61 Å². The standard InChI is InChI=1S/C21H22O13/c22-5-12-14(27)16(29)18(31)21(33-12)34-20-9(25)1-6(2-10(20)26)19-17(30)15(28)13-8(24)3-7(23)4-11(13)32-19/h1-4,12,14,16-19,21-27,29-31H,5H2/t12-,14-,16+,17-,18-,19-,21-/m1/s1. The lowest BCUT2D eigenvalue weighted by Crippen LogP contribution is -2.60. The van der Waals surface area contributed by atoms with Crippen LogP contribution in [0.25, 0.3) is 0 Å². The molecule has 2 aromatic rings. The average molecular weight is 482 g/mol. The maximum absolute atomic E-state index is 12.6. The van der Waals surface area contributed by atoms with Crippen LogP contribution in [-0.2, 0) is 4.74 Å². The number of carbonyl (C=O) groups excluding carboxylic acids is 1. The molecule has 0 aromatic heterocycles. The molecule has 0 amide bonds. The van der Waals surface area contributed by atoms with E-state index in [1.807, 2.05) is 0 Å². The number of ether oxygens (including phenoxy) is 3. The van der Waals surface area contributed by atoms with Crippen molar-refractivity contribution in [1.29, 1.82) is 0 Å². The third-order valence-electron chi connectivity index (χ3n) is 5.60. The first-order chi connectivity index (χ1) is 16.0. The summed E-state index contributed by atoms with van der Waals surface area (Å²) in [6, 6.07) is 3.90. The smallest absolute Gasteiger partial charge is 0.229 e. The lowest BCUT2D eigenvalue weighted by Gasteiger charge is -2.39. The van der Waals surface area contributed by atoms with Gasteiger partial charge in [0.15, 0.2) is 23.7 Å². The van der Waals surface area contributed by atoms with E-state index in [0.717, 1.165) is 24.3 Å². The molecule has 2 aromatic carbocycles. The van der Waals surface area contributed by atoms with Gasteiger partial charge in [0, 0.05) is 17.7 Å². The molecule has 13 nitrogen and oxygen atoms in total. The number of phenolic OH excluding ortho intramolecular Hbond substituents is 4. The molecule has 0 bridgehead atoms. The monoisotopic (exact) mass is 482 g/mol. The van der Waals surface area contributed by atoms with Crippen molar-refractivity contribution in [2.75, 3.05) is 6.61 Å². The van der Waals surface area contributed by atoms with Crippen LogP contribution in [0.3, 0.4) is 0 Å². The van der Waals surface area contributed by atoms with Crippen molar-refractivity contribution in [2.45, 2.75) is 42.9 Å². The lowest BCUT2D eigenvalue weighted by molar-refractivity contribution is -0.277. The summed E-state index contributed by atoms with van der Waals surface area (Å²) in [6.45, 7) is -0.723. The second-order valence-electron chi connectivity index (χ2n) is 7.89. The Morgan fingerprint density at radius 2 is 1.50 bits per heavy atom. The van der Waals surface area contributed by atoms with E-state index in [2.05, 4.69) is 0 Å². The van der Waals surface area contributed by atoms with Crippen LogP contribution < -0.4 is 9.47 Å². The molecule has 0 unspecified atom stereocenters. The summed E-state index contributed by atoms with van der Waals surface area (Å²) in [7, 11) is 0. The number of carbonyl (C=O) groups is 1. The van der Waals surface area contributed by atoms with Crippen molar-refractivity contribution >= 4 is 5.78 Å². The van der Waals surface area contributed by atoms with Crippen molar-refractivity contribution in [3.63, 3.8) is 0 Å². The number of aliphatic hydroxyl groups is 5. The molecule has 2 aliphatic rings. The Bertz CT molecular complexity index is 1080. The van der Waals surface area contributed by atoms with Gasteiger partial charge in [-0.05, 0) is 12.1 Å². The summed E-state index contributed by atoms with van der Waals surface area (Å²) in [4.78, 5) is 12.6. The molecule has 184 valence electrons. The van der Waals surface area contributed by atoms with Crippen molar-refractivity contribution in [3.8, 4) is 34.5 Å². The molecule has 7 atom stereocenters. The number of rotatable bonds is 4. The quantitative estimate of drug-likeness (QED) is 0.239. The number of fused-ring (bicyclic) bond motifs is 1. The molecule has 13 heteroatoms. The number of aliphatic hydroxyl groups excluding tert-OH is 5. The van der Waals surface area contributed by atoms with Crippen molar-refractivity contribution < 1.29 is 65.0 Å². The highest BCUT2D eigenvalue weighted by atomic mass is 16.7. The zero-order valence-electron chi connectivity index (χ0n) is 17.2. The van der Waals surface area contributed by atoms with Crippen LogP contribution in [0.5, 0.6) is 34.5 Å². The summed E-state index contributed by atoms with van der Waals surface area (Å²) >= 11 is 0. The predicted molar refractivity (Wildman–Crippen MR) is 108 cm³/mol. The van der Waals surface area contributed by atoms with Crippen molar-refractivity contribution in [2.24, 2.45) is 0 Å². The van der Waals surface area contributed by atoms with Gasteiger partial charge in [0.1, 0.15) is 47.2 Å². The van der Waals surface area contributed by atoms with Crippen LogP contribution in [-0.4, -0.2) is 95.2 Å². The van der Waals surface area contributed by atoms with Crippen LogP contribution in [0, 0.1) is 0 Å². The highest BCUT2D eigenvalue weighted by Gasteiger charge is 2.45. The molecule has 0 radical (unpaired) electrons. The van der Waals surface area contributed by atoms with Gasteiger partial charge in [-0.15, -0.1) is 0 Å². The summed E-state index contributed by atoms with van der Waals surface area (Å²) in [5.74, 6) is -4.26. The molecular formula is C21H22O13. The largest absolute Gasteiger partial charge is 0.508 e. The Kier molecular flexibility index (Phi) is 6.16. The Labute approximate surface area is 190 Å². The number of benzene rings is 2. The summed E-state index contributed by atoms with van der Waals surface area (Å²) in [5.41, 5.74) is -0.442. The molecule has 0 spiro atoms. The van der Waals surface area contributed by atoms with Gasteiger partial charge in [0.25, 0.3) is 0 Å². The van der Waals surface area contributed by atoms with E-state index in [4.69, 9.17) is 14.2 Å². The zero-order valence-corrected chi connectivity index (χ0v) is 17.2. The van der Waals surface area contributed by atoms with Crippen LogP contribution >= 0.6 is 0 Å². The Morgan fingerprint density at radius 3 is 2.12 bits per heavy atom. The highest BCUT2D eigenvalue weighted by molar-refractivity contribution is 6.05. The van der Waals surface area contributed by atoms with E-state index in [1.165, 1.54) is 0 Å². The lowest BCUT2D eigenvalue weighted by atomic mass is 9.92. The fourth-order valence-electron chi connectivity index (χ4n) is 3.85. The molecule has 2 aliphatic heterocycles. The molecule has 0 saturated carbocycles. The molecule has 1 fully saturated rings. The first-order valence-electron chi connectivity index (χ1n) is 10.0. The second kappa shape index (κ2) is 8.79. The third kappa shape index (κ3) is 3.94. The maximum Gasteiger partial charge on any atom is 0.229 e. The topological polar surface area (TPSA) is 227 Å². The number of hydrogen-bond donors (Lipinski definition) is 9. The van der Waals surface area contributed by atoms with E-state index in [1.54, 1.807) is 0 Å². The number of ketones is 1. The second-order valence-corrected chi connectivity index (χ2v) is 7.89. The first-order valence-corrected chi connectivity index (χ1v) is 10.0. The number of aromatic hydroxyl groups is 4. The Balaban J connectivity index is 1.62. The first kappa shape index (κ1) is 23.8. The minimum atomic E-state index is -1.85. The molecule has 4 rings (SSSR count). The summed E-state index contributed by atoms with van der Waals surface area (Å²) in [6.07, 6.45) is -11.5. The van der Waals surface area contributed by atoms with Crippen molar-refractivity contribution in [3.05, 3.63) is 35.4 Å². The Morgan fingerprint density at radius 1 is 0.853 bits per heavy atom. The Hall–Kier alpha value is -3.33. The van der Waals surface area contributed by atoms with E-state index < -0.39 is 84.1 Å². The SMILES string of the molecule is O=C1c2c(O)cc(O)cc2O[C@H](c2cc(O)c(O[C@H]3O[C@H](CO)[C@@H](O)[C@H](O)[C@H]3O)c(O)c2)[C@@H]1O. The van der Waals surface area contributed by atoms with Gasteiger partial charge in [-0.25, -0.2) is 0 Å². The summed E-state index contributed by atoms with van der Waals surface area (Å²) < 4.78 is 16.0. The molecule has 2 heterocycles. The highest BCUT2D eigenvalue weighted by Crippen LogP contribution is 2.45. The number of phenols is 4. The van der Waals surface area contributed by atoms with Gasteiger partial charge in [-0.3, -0.25) is 4.79 Å². The normalized spacial score (nSPS) is 31.0. The van der Waals surface area contributed by atoms with Gasteiger partial charge in [-0.1, -0.05) is 0 Å². The van der Waals surface area contributed by atoms with Crippen LogP contribution in [0.2, 0.25) is 0 Å². The van der Waals surface area contributed by atoms with Gasteiger partial charge < -0.3 is 60.2 Å². The fraction of sp³-hybridized carbons (Fsp3) is 0.381. The molecule has 9 N–H and O–H groups in total. The minimum absolute atomic E-state index is 0.0921. The van der Waals surface area contributed by atoms with Gasteiger partial charge >= 0.3 is 0 Å². The molecular weight excluding hydrogens is 460 g/mol. The van der Waals surface area contributed by atoms with E-state index in [0.29, 0.717) is 0 Å². The maximum atomic E-state index is 12.6. The third-order valence-corrected chi connectivity index (χ3v) is 5.60. The van der Waals surface area contributed by atoms with E-state index in [-0.39, 0.29) is 16.9 Å². The minimum Gasteiger partial charge on any atom is -0.508 e. The van der Waals surface area contributed by atoms with Gasteiger partial charge in [0.2, 0.25) is 17.8 Å². The van der Waals surface area contributed by atoms with Crippen LogP contribution in [0.15, 0.2) is 24.3 Å². The predicted octanol–water partition coefficient (Wildman–Crippen LogP) is -1.64. The number of Topliss-reactive ketones (excluding diaryl/α,β-unsaturated/α-hetero) is 1. The van der Waals surface area contributed by atoms with Crippen LogP contribution in [0.4, 0.5) is 0 Å².